The first-order valence-electron chi connectivity index (χ1n) is 5.29. The topological polar surface area (TPSA) is 17.8 Å². The minimum absolute atomic E-state index is 0.774. The van der Waals surface area contributed by atoms with Gasteiger partial charge in [0.2, 0.25) is 0 Å². The second kappa shape index (κ2) is 3.52. The van der Waals surface area contributed by atoms with Crippen molar-refractivity contribution in [2.45, 2.75) is 45.6 Å². The molecule has 0 unspecified atom stereocenters. The molecule has 13 heavy (non-hydrogen) atoms. The maximum atomic E-state index is 4.37. The molecular weight excluding hydrogens is 160 g/mol. The van der Waals surface area contributed by atoms with Crippen LogP contribution in [0.25, 0.3) is 0 Å². The largest absolute Gasteiger partial charge is 0.269 e. The lowest BCUT2D eigenvalue weighted by molar-refractivity contribution is 0.476. The first kappa shape index (κ1) is 8.79. The molecule has 0 atom stereocenters. The van der Waals surface area contributed by atoms with Crippen molar-refractivity contribution in [3.63, 3.8) is 0 Å². The zero-order valence-electron chi connectivity index (χ0n) is 8.53. The zero-order chi connectivity index (χ0) is 9.26. The van der Waals surface area contributed by atoms with Gasteiger partial charge >= 0.3 is 0 Å². The molecular formula is C11H18N2. The van der Waals surface area contributed by atoms with E-state index in [0.29, 0.717) is 0 Å². The van der Waals surface area contributed by atoms with Gasteiger partial charge in [0.1, 0.15) is 0 Å². The van der Waals surface area contributed by atoms with E-state index in [0.717, 1.165) is 18.4 Å². The molecule has 0 bridgehead atoms. The van der Waals surface area contributed by atoms with E-state index in [1.165, 1.54) is 25.0 Å². The third-order valence-electron chi connectivity index (χ3n) is 2.66. The molecule has 0 aromatic carbocycles. The minimum atomic E-state index is 0.774. The Kier molecular flexibility index (Phi) is 2.38. The third kappa shape index (κ3) is 2.11. The Hall–Kier alpha value is -0.790. The van der Waals surface area contributed by atoms with Crippen molar-refractivity contribution in [2.24, 2.45) is 5.92 Å². The van der Waals surface area contributed by atoms with Crippen LogP contribution >= 0.6 is 0 Å². The zero-order valence-corrected chi connectivity index (χ0v) is 8.53. The van der Waals surface area contributed by atoms with Crippen LogP contribution in [0.1, 0.15) is 44.7 Å². The number of nitrogens with zero attached hydrogens (tertiary/aromatic N) is 2. The molecule has 0 N–H and O–H groups in total. The van der Waals surface area contributed by atoms with Crippen molar-refractivity contribution >= 4 is 0 Å². The molecule has 0 aliphatic heterocycles. The van der Waals surface area contributed by atoms with Gasteiger partial charge in [-0.15, -0.1) is 0 Å². The fourth-order valence-electron chi connectivity index (χ4n) is 1.64. The predicted molar refractivity (Wildman–Crippen MR) is 53.7 cm³/mol. The van der Waals surface area contributed by atoms with Gasteiger partial charge in [-0.05, 0) is 31.2 Å². The van der Waals surface area contributed by atoms with Crippen LogP contribution in [0.15, 0.2) is 12.3 Å². The van der Waals surface area contributed by atoms with Gasteiger partial charge < -0.3 is 0 Å². The van der Waals surface area contributed by atoms with Gasteiger partial charge in [0.15, 0.2) is 0 Å². The van der Waals surface area contributed by atoms with Crippen LogP contribution in [0, 0.1) is 5.92 Å². The number of aromatic nitrogens is 2. The standard InChI is InChI=1S/C11H18N2/c1-9(2)6-8-13-11(5-7-12-13)10-3-4-10/h5,7,9-10H,3-4,6,8H2,1-2H3. The summed E-state index contributed by atoms with van der Waals surface area (Å²) in [6, 6.07) is 2.18. The fourth-order valence-corrected chi connectivity index (χ4v) is 1.64. The van der Waals surface area contributed by atoms with Crippen LogP contribution in [-0.4, -0.2) is 9.78 Å². The van der Waals surface area contributed by atoms with Crippen LogP contribution in [-0.2, 0) is 6.54 Å². The van der Waals surface area contributed by atoms with E-state index >= 15 is 0 Å². The van der Waals surface area contributed by atoms with Crippen LogP contribution in [0.2, 0.25) is 0 Å². The summed E-state index contributed by atoms with van der Waals surface area (Å²) in [7, 11) is 0. The van der Waals surface area contributed by atoms with Crippen LogP contribution in [0.3, 0.4) is 0 Å². The van der Waals surface area contributed by atoms with E-state index in [-0.39, 0.29) is 0 Å². The molecule has 1 aromatic rings. The first-order chi connectivity index (χ1) is 6.27. The first-order valence-corrected chi connectivity index (χ1v) is 5.29. The Morgan fingerprint density at radius 2 is 2.31 bits per heavy atom. The van der Waals surface area contributed by atoms with E-state index in [4.69, 9.17) is 0 Å². The van der Waals surface area contributed by atoms with Crippen molar-refractivity contribution < 1.29 is 0 Å². The Morgan fingerprint density at radius 3 is 2.92 bits per heavy atom. The smallest absolute Gasteiger partial charge is 0.0492 e. The Morgan fingerprint density at radius 1 is 1.54 bits per heavy atom. The normalized spacial score (nSPS) is 16.8. The molecule has 1 aliphatic rings. The van der Waals surface area contributed by atoms with Crippen molar-refractivity contribution in [3.8, 4) is 0 Å². The summed E-state index contributed by atoms with van der Waals surface area (Å²) >= 11 is 0. The SMILES string of the molecule is CC(C)CCn1nccc1C1CC1. The minimum Gasteiger partial charge on any atom is -0.269 e. The molecule has 1 aliphatic carbocycles. The highest BCUT2D eigenvalue weighted by molar-refractivity contribution is 5.13. The molecule has 2 rings (SSSR count). The highest BCUT2D eigenvalue weighted by Crippen LogP contribution is 2.39. The van der Waals surface area contributed by atoms with Gasteiger partial charge in [-0.25, -0.2) is 0 Å². The van der Waals surface area contributed by atoms with Gasteiger partial charge in [-0.1, -0.05) is 13.8 Å². The number of hydrogen-bond acceptors (Lipinski definition) is 1. The molecule has 2 heteroatoms. The summed E-state index contributed by atoms with van der Waals surface area (Å²) in [5.74, 6) is 1.60. The van der Waals surface area contributed by atoms with Crippen LogP contribution < -0.4 is 0 Å². The van der Waals surface area contributed by atoms with Crippen molar-refractivity contribution in [2.75, 3.05) is 0 Å². The van der Waals surface area contributed by atoms with Gasteiger partial charge in [0.25, 0.3) is 0 Å². The number of rotatable bonds is 4. The summed E-state index contributed by atoms with van der Waals surface area (Å²) in [4.78, 5) is 0. The summed E-state index contributed by atoms with van der Waals surface area (Å²) in [5, 5.41) is 4.37. The molecule has 0 amide bonds. The predicted octanol–water partition coefficient (Wildman–Crippen LogP) is 2.81. The summed E-state index contributed by atoms with van der Waals surface area (Å²) in [6.07, 6.45) is 5.91. The maximum Gasteiger partial charge on any atom is 0.0492 e. The van der Waals surface area contributed by atoms with Gasteiger partial charge in [0, 0.05) is 24.4 Å². The summed E-state index contributed by atoms with van der Waals surface area (Å²) in [6.45, 7) is 5.62. The third-order valence-corrected chi connectivity index (χ3v) is 2.66. The summed E-state index contributed by atoms with van der Waals surface area (Å²) < 4.78 is 2.19. The van der Waals surface area contributed by atoms with E-state index in [2.05, 4.69) is 29.7 Å². The van der Waals surface area contributed by atoms with E-state index in [1.54, 1.807) is 0 Å². The fraction of sp³-hybridized carbons (Fsp3) is 0.727. The number of aryl methyl sites for hydroxylation is 1. The van der Waals surface area contributed by atoms with Gasteiger partial charge in [-0.3, -0.25) is 4.68 Å². The monoisotopic (exact) mass is 178 g/mol. The Labute approximate surface area is 80.0 Å². The molecule has 0 spiro atoms. The van der Waals surface area contributed by atoms with Crippen LogP contribution in [0.4, 0.5) is 0 Å². The highest BCUT2D eigenvalue weighted by Gasteiger charge is 2.26. The average molecular weight is 178 g/mol. The van der Waals surface area contributed by atoms with Gasteiger partial charge in [-0.2, -0.15) is 5.10 Å². The molecule has 1 aromatic heterocycles. The molecule has 72 valence electrons. The Balaban J connectivity index is 1.98. The lowest BCUT2D eigenvalue weighted by Gasteiger charge is -2.08. The molecule has 2 nitrogen and oxygen atoms in total. The van der Waals surface area contributed by atoms with Crippen molar-refractivity contribution in [1.29, 1.82) is 0 Å². The van der Waals surface area contributed by atoms with Gasteiger partial charge in [0.05, 0.1) is 0 Å². The second-order valence-corrected chi connectivity index (χ2v) is 4.44. The van der Waals surface area contributed by atoms with E-state index in [1.807, 2.05) is 6.20 Å². The molecule has 0 radical (unpaired) electrons. The van der Waals surface area contributed by atoms with E-state index in [9.17, 15) is 0 Å². The molecule has 1 fully saturated rings. The molecule has 0 saturated heterocycles. The molecule has 1 heterocycles. The quantitative estimate of drug-likeness (QED) is 0.693. The molecule has 1 saturated carbocycles. The summed E-state index contributed by atoms with van der Waals surface area (Å²) in [5.41, 5.74) is 1.46. The van der Waals surface area contributed by atoms with Crippen molar-refractivity contribution in [1.82, 2.24) is 9.78 Å². The van der Waals surface area contributed by atoms with Crippen molar-refractivity contribution in [3.05, 3.63) is 18.0 Å². The lowest BCUT2D eigenvalue weighted by Crippen LogP contribution is -2.06. The second-order valence-electron chi connectivity index (χ2n) is 4.44. The highest BCUT2D eigenvalue weighted by atomic mass is 15.3. The van der Waals surface area contributed by atoms with E-state index < -0.39 is 0 Å². The lowest BCUT2D eigenvalue weighted by atomic mass is 10.1. The Bertz CT molecular complexity index is 271. The maximum absolute atomic E-state index is 4.37. The average Bonchev–Trinajstić information content (AvgIpc) is 2.82. The van der Waals surface area contributed by atoms with Crippen LogP contribution in [0.5, 0.6) is 0 Å². The number of hydrogen-bond donors (Lipinski definition) is 0.